The second kappa shape index (κ2) is 16.6. The van der Waals surface area contributed by atoms with Crippen LogP contribution in [0.25, 0.3) is 11.1 Å². The number of rotatable bonds is 16. The van der Waals surface area contributed by atoms with Crippen molar-refractivity contribution in [2.75, 3.05) is 6.61 Å². The van der Waals surface area contributed by atoms with Gasteiger partial charge < -0.3 is 9.47 Å². The van der Waals surface area contributed by atoms with E-state index >= 15 is 0 Å². The predicted molar refractivity (Wildman–Crippen MR) is 151 cm³/mol. The Morgan fingerprint density at radius 3 is 2.13 bits per heavy atom. The number of hydrogen-bond acceptors (Lipinski definition) is 3. The van der Waals surface area contributed by atoms with E-state index in [1.807, 2.05) is 31.2 Å². The minimum atomic E-state index is -1.54. The number of benzene rings is 2. The maximum Gasteiger partial charge on any atom is 0.340 e. The molecule has 2 aromatic carbocycles. The Labute approximate surface area is 232 Å². The molecule has 0 aromatic heterocycles. The van der Waals surface area contributed by atoms with Gasteiger partial charge >= 0.3 is 5.97 Å². The molecule has 6 heteroatoms. The summed E-state index contributed by atoms with van der Waals surface area (Å²) in [5.41, 5.74) is 1.93. The normalized spacial score (nSPS) is 18.1. The number of halogens is 3. The van der Waals surface area contributed by atoms with Gasteiger partial charge in [-0.2, -0.15) is 4.39 Å². The van der Waals surface area contributed by atoms with E-state index in [0.717, 1.165) is 44.1 Å². The van der Waals surface area contributed by atoms with Gasteiger partial charge in [-0.3, -0.25) is 0 Å². The van der Waals surface area contributed by atoms with Crippen molar-refractivity contribution in [1.82, 2.24) is 0 Å². The first kappa shape index (κ1) is 31.0. The van der Waals surface area contributed by atoms with E-state index in [0.29, 0.717) is 37.4 Å². The summed E-state index contributed by atoms with van der Waals surface area (Å²) < 4.78 is 54.5. The molecule has 2 aromatic rings. The van der Waals surface area contributed by atoms with Gasteiger partial charge in [-0.25, -0.2) is 13.6 Å². The number of carbonyl (C=O) groups excluding carboxylic acids is 1. The lowest BCUT2D eigenvalue weighted by Crippen LogP contribution is -2.28. The highest BCUT2D eigenvalue weighted by molar-refractivity contribution is 5.74. The summed E-state index contributed by atoms with van der Waals surface area (Å²) in [5, 5.41) is 0. The van der Waals surface area contributed by atoms with Gasteiger partial charge in [0.15, 0.2) is 17.7 Å². The highest BCUT2D eigenvalue weighted by Gasteiger charge is 2.28. The number of hydrogen-bond donors (Lipinski definition) is 0. The minimum absolute atomic E-state index is 0.0410. The van der Waals surface area contributed by atoms with Crippen LogP contribution >= 0.6 is 0 Å². The lowest BCUT2D eigenvalue weighted by molar-refractivity contribution is -0.157. The molecule has 1 atom stereocenters. The molecule has 0 heterocycles. The smallest absolute Gasteiger partial charge is 0.340 e. The fraction of sp³-hybridized carbons (Fsp3) is 0.606. The molecule has 3 rings (SSSR count). The first-order valence-corrected chi connectivity index (χ1v) is 15.0. The average Bonchev–Trinajstić information content (AvgIpc) is 2.96. The van der Waals surface area contributed by atoms with Crippen LogP contribution in [0.4, 0.5) is 13.2 Å². The molecule has 0 bridgehead atoms. The summed E-state index contributed by atoms with van der Waals surface area (Å²) in [6.07, 6.45) is 11.0. The second-order valence-corrected chi connectivity index (χ2v) is 10.9. The Hall–Kier alpha value is -2.50. The van der Waals surface area contributed by atoms with Gasteiger partial charge in [0.1, 0.15) is 6.10 Å². The third-order valence-corrected chi connectivity index (χ3v) is 7.77. The summed E-state index contributed by atoms with van der Waals surface area (Å²) in [4.78, 5) is 12.0. The lowest BCUT2D eigenvalue weighted by Gasteiger charge is -2.29. The van der Waals surface area contributed by atoms with Crippen LogP contribution in [0.3, 0.4) is 0 Å². The van der Waals surface area contributed by atoms with Gasteiger partial charge in [-0.1, -0.05) is 89.5 Å². The van der Waals surface area contributed by atoms with E-state index in [1.54, 1.807) is 6.07 Å². The highest BCUT2D eigenvalue weighted by Crippen LogP contribution is 2.36. The molecule has 39 heavy (non-hydrogen) atoms. The molecule has 0 saturated heterocycles. The Balaban J connectivity index is 1.47. The molecule has 1 saturated carbocycles. The molecule has 0 amide bonds. The van der Waals surface area contributed by atoms with Crippen molar-refractivity contribution in [2.24, 2.45) is 0 Å². The van der Waals surface area contributed by atoms with Crippen LogP contribution < -0.4 is 4.74 Å². The van der Waals surface area contributed by atoms with Gasteiger partial charge in [0.25, 0.3) is 0 Å². The third-order valence-electron chi connectivity index (χ3n) is 7.77. The first-order valence-electron chi connectivity index (χ1n) is 15.0. The first-order chi connectivity index (χ1) is 18.9. The molecule has 0 N–H and O–H groups in total. The molecule has 1 aliphatic carbocycles. The van der Waals surface area contributed by atoms with Crippen LogP contribution in [0.1, 0.15) is 115 Å². The molecular formula is C33H45F3O3. The third kappa shape index (κ3) is 9.58. The van der Waals surface area contributed by atoms with E-state index in [1.165, 1.54) is 31.7 Å². The van der Waals surface area contributed by atoms with Crippen LogP contribution in [-0.4, -0.2) is 24.9 Å². The molecule has 216 valence electrons. The van der Waals surface area contributed by atoms with Crippen molar-refractivity contribution in [2.45, 2.75) is 122 Å². The maximum absolute atomic E-state index is 14.9. The Kier molecular flexibility index (Phi) is 13.2. The number of unbranched alkanes of at least 4 members (excludes halogenated alkanes) is 7. The van der Waals surface area contributed by atoms with Crippen molar-refractivity contribution < 1.29 is 27.4 Å². The zero-order valence-electron chi connectivity index (χ0n) is 23.7. The Morgan fingerprint density at radius 2 is 1.46 bits per heavy atom. The number of esters is 1. The van der Waals surface area contributed by atoms with E-state index in [2.05, 4.69) is 6.92 Å². The second-order valence-electron chi connectivity index (χ2n) is 10.9. The number of carbonyl (C=O) groups is 1. The largest absolute Gasteiger partial charge is 0.490 e. The van der Waals surface area contributed by atoms with E-state index in [9.17, 15) is 18.0 Å². The van der Waals surface area contributed by atoms with E-state index in [4.69, 9.17) is 9.47 Å². The van der Waals surface area contributed by atoms with Crippen LogP contribution in [0.15, 0.2) is 36.4 Å². The number of ether oxygens (including phenoxy) is 2. The van der Waals surface area contributed by atoms with E-state index in [-0.39, 0.29) is 23.8 Å². The molecular weight excluding hydrogens is 501 g/mol. The van der Waals surface area contributed by atoms with Crippen LogP contribution in [-0.2, 0) is 9.53 Å². The molecule has 1 fully saturated rings. The maximum atomic E-state index is 14.9. The summed E-state index contributed by atoms with van der Waals surface area (Å²) in [7, 11) is 0. The van der Waals surface area contributed by atoms with Crippen LogP contribution in [0, 0.1) is 11.6 Å². The zero-order chi connectivity index (χ0) is 28.0. The lowest BCUT2D eigenvalue weighted by atomic mass is 9.82. The average molecular weight is 547 g/mol. The van der Waals surface area contributed by atoms with Gasteiger partial charge in [-0.15, -0.1) is 0 Å². The summed E-state index contributed by atoms with van der Waals surface area (Å²) in [6, 6.07) is 10.6. The Bertz CT molecular complexity index is 1000. The molecule has 0 radical (unpaired) electrons. The standard InChI is InChI=1S/C33H45F3O3/c1-3-5-7-8-9-10-11-23-38-30-22-21-28(31(35)32(30)36)26-15-13-24(14-16-26)25-17-19-27(20-18-25)39-33(37)29(34)12-6-4-2/h13-16,21-22,25,27,29H,3-12,17-20,23H2,1-2H3/t25?,27?,29-/m0/s1. The topological polar surface area (TPSA) is 35.5 Å². The molecule has 0 spiro atoms. The van der Waals surface area contributed by atoms with E-state index < -0.39 is 23.8 Å². The van der Waals surface area contributed by atoms with Gasteiger partial charge in [-0.05, 0) is 67.7 Å². The van der Waals surface area contributed by atoms with Crippen molar-refractivity contribution in [3.8, 4) is 16.9 Å². The number of alkyl halides is 1. The summed E-state index contributed by atoms with van der Waals surface area (Å²) in [5.74, 6) is -2.33. The van der Waals surface area contributed by atoms with Crippen LogP contribution in [0.2, 0.25) is 0 Å². The van der Waals surface area contributed by atoms with Crippen molar-refractivity contribution in [3.05, 3.63) is 53.6 Å². The van der Waals surface area contributed by atoms with Crippen molar-refractivity contribution >= 4 is 5.97 Å². The summed E-state index contributed by atoms with van der Waals surface area (Å²) >= 11 is 0. The predicted octanol–water partition coefficient (Wildman–Crippen LogP) is 9.86. The molecule has 0 unspecified atom stereocenters. The minimum Gasteiger partial charge on any atom is -0.490 e. The van der Waals surface area contributed by atoms with Gasteiger partial charge in [0, 0.05) is 5.56 Å². The molecule has 0 aliphatic heterocycles. The SMILES string of the molecule is CCCCCCCCCOc1ccc(-c2ccc(C3CCC(OC(=O)[C@@H](F)CCCC)CC3)cc2)c(F)c1F. The fourth-order valence-electron chi connectivity index (χ4n) is 5.30. The quantitative estimate of drug-likeness (QED) is 0.155. The molecule has 3 nitrogen and oxygen atoms in total. The molecule has 1 aliphatic rings. The monoisotopic (exact) mass is 546 g/mol. The van der Waals surface area contributed by atoms with Crippen molar-refractivity contribution in [3.63, 3.8) is 0 Å². The van der Waals surface area contributed by atoms with Crippen LogP contribution in [0.5, 0.6) is 5.75 Å². The van der Waals surface area contributed by atoms with Crippen molar-refractivity contribution in [1.29, 1.82) is 0 Å². The Morgan fingerprint density at radius 1 is 0.821 bits per heavy atom. The zero-order valence-corrected chi connectivity index (χ0v) is 23.7. The van der Waals surface area contributed by atoms with Gasteiger partial charge in [0.2, 0.25) is 5.82 Å². The fourth-order valence-corrected chi connectivity index (χ4v) is 5.30. The highest BCUT2D eigenvalue weighted by atomic mass is 19.2. The summed E-state index contributed by atoms with van der Waals surface area (Å²) in [6.45, 7) is 4.54. The van der Waals surface area contributed by atoms with Gasteiger partial charge in [0.05, 0.1) is 6.61 Å².